The third kappa shape index (κ3) is 5.76. The lowest BCUT2D eigenvalue weighted by molar-refractivity contribution is 0.157. The molecule has 0 atom stereocenters. The van der Waals surface area contributed by atoms with Gasteiger partial charge in [0.1, 0.15) is 4.47 Å². The smallest absolute Gasteiger partial charge is 0.283 e. The average Bonchev–Trinajstić information content (AvgIpc) is 2.46. The van der Waals surface area contributed by atoms with Gasteiger partial charge < -0.3 is 14.8 Å². The third-order valence-corrected chi connectivity index (χ3v) is 4.00. The molecule has 0 radical (unpaired) electrons. The molecule has 1 heterocycles. The molecule has 0 fully saturated rings. The lowest BCUT2D eigenvalue weighted by Gasteiger charge is -2.25. The monoisotopic (exact) mass is 361 g/mol. The summed E-state index contributed by atoms with van der Waals surface area (Å²) in [6.07, 6.45) is 2.60. The highest BCUT2D eigenvalue weighted by atomic mass is 79.9. The lowest BCUT2D eigenvalue weighted by Crippen LogP contribution is -2.28. The molecule has 0 aliphatic rings. The van der Waals surface area contributed by atoms with Gasteiger partial charge in [0.25, 0.3) is 5.56 Å². The number of hydrogen-bond donors (Lipinski definition) is 1. The van der Waals surface area contributed by atoms with E-state index in [-0.39, 0.29) is 11.0 Å². The summed E-state index contributed by atoms with van der Waals surface area (Å²) in [5.74, 6) is 0. The van der Waals surface area contributed by atoms with Gasteiger partial charge in [0.15, 0.2) is 0 Å². The SMILES string of the molecule is COCCn1ncc(NCC(C)(C)CCOC)c(Br)c1=O. The summed E-state index contributed by atoms with van der Waals surface area (Å²) in [5.41, 5.74) is 0.617. The molecule has 1 aromatic rings. The number of nitrogens with one attached hydrogen (secondary N) is 1. The summed E-state index contributed by atoms with van der Waals surface area (Å²) in [7, 11) is 3.29. The standard InChI is InChI=1S/C14H24BrN3O3/c1-14(2,5-7-20-3)10-16-11-9-17-18(6-8-21-4)13(19)12(11)15/h9,16H,5-8,10H2,1-4H3. The number of hydrogen-bond acceptors (Lipinski definition) is 5. The first-order valence-electron chi connectivity index (χ1n) is 6.88. The molecular weight excluding hydrogens is 338 g/mol. The zero-order valence-corrected chi connectivity index (χ0v) is 14.7. The minimum absolute atomic E-state index is 0.0698. The van der Waals surface area contributed by atoms with E-state index in [4.69, 9.17) is 9.47 Å². The summed E-state index contributed by atoms with van der Waals surface area (Å²) < 4.78 is 11.9. The van der Waals surface area contributed by atoms with Crippen LogP contribution in [0.3, 0.4) is 0 Å². The molecule has 0 aliphatic heterocycles. The summed E-state index contributed by atoms with van der Waals surface area (Å²) in [6, 6.07) is 0. The van der Waals surface area contributed by atoms with Crippen molar-refractivity contribution in [2.75, 3.05) is 39.3 Å². The quantitative estimate of drug-likeness (QED) is 0.729. The molecule has 0 bridgehead atoms. The summed E-state index contributed by atoms with van der Waals surface area (Å²) >= 11 is 3.34. The van der Waals surface area contributed by atoms with Crippen LogP contribution in [0.2, 0.25) is 0 Å². The summed E-state index contributed by atoms with van der Waals surface area (Å²) in [5, 5.41) is 7.42. The molecule has 0 aliphatic carbocycles. The number of rotatable bonds is 9. The van der Waals surface area contributed by atoms with E-state index in [2.05, 4.69) is 40.2 Å². The zero-order chi connectivity index (χ0) is 15.9. The van der Waals surface area contributed by atoms with Crippen molar-refractivity contribution in [3.05, 3.63) is 21.0 Å². The van der Waals surface area contributed by atoms with Gasteiger partial charge in [-0.15, -0.1) is 0 Å². The van der Waals surface area contributed by atoms with Crippen LogP contribution >= 0.6 is 15.9 Å². The van der Waals surface area contributed by atoms with E-state index < -0.39 is 0 Å². The molecule has 0 saturated heterocycles. The van der Waals surface area contributed by atoms with Crippen molar-refractivity contribution in [2.45, 2.75) is 26.8 Å². The van der Waals surface area contributed by atoms with Gasteiger partial charge in [-0.1, -0.05) is 13.8 Å². The summed E-state index contributed by atoms with van der Waals surface area (Å²) in [6.45, 7) is 6.65. The normalized spacial score (nSPS) is 11.7. The van der Waals surface area contributed by atoms with Crippen molar-refractivity contribution in [3.63, 3.8) is 0 Å². The van der Waals surface area contributed by atoms with Crippen LogP contribution < -0.4 is 10.9 Å². The van der Waals surface area contributed by atoms with E-state index in [1.807, 2.05) is 0 Å². The largest absolute Gasteiger partial charge is 0.385 e. The van der Waals surface area contributed by atoms with Gasteiger partial charge in [-0.2, -0.15) is 5.10 Å². The van der Waals surface area contributed by atoms with Crippen molar-refractivity contribution in [2.24, 2.45) is 5.41 Å². The Morgan fingerprint density at radius 2 is 2.00 bits per heavy atom. The van der Waals surface area contributed by atoms with Crippen molar-refractivity contribution >= 4 is 21.6 Å². The molecule has 6 nitrogen and oxygen atoms in total. The van der Waals surface area contributed by atoms with Crippen molar-refractivity contribution < 1.29 is 9.47 Å². The van der Waals surface area contributed by atoms with Gasteiger partial charge in [-0.25, -0.2) is 4.68 Å². The Labute approximate surface area is 134 Å². The number of methoxy groups -OCH3 is 2. The van der Waals surface area contributed by atoms with Crippen LogP contribution in [0.5, 0.6) is 0 Å². The molecule has 0 amide bonds. The van der Waals surface area contributed by atoms with E-state index in [9.17, 15) is 4.79 Å². The van der Waals surface area contributed by atoms with E-state index >= 15 is 0 Å². The number of nitrogens with zero attached hydrogens (tertiary/aromatic N) is 2. The predicted molar refractivity (Wildman–Crippen MR) is 86.8 cm³/mol. The fourth-order valence-corrected chi connectivity index (χ4v) is 2.17. The summed E-state index contributed by atoms with van der Waals surface area (Å²) in [4.78, 5) is 12.1. The first-order valence-corrected chi connectivity index (χ1v) is 7.68. The highest BCUT2D eigenvalue weighted by Gasteiger charge is 2.18. The second-order valence-corrected chi connectivity index (χ2v) is 6.45. The molecule has 21 heavy (non-hydrogen) atoms. The van der Waals surface area contributed by atoms with Gasteiger partial charge in [-0.05, 0) is 27.8 Å². The molecule has 7 heteroatoms. The van der Waals surface area contributed by atoms with E-state index in [1.54, 1.807) is 20.4 Å². The second kappa shape index (κ2) is 8.51. The molecule has 0 saturated carbocycles. The van der Waals surface area contributed by atoms with Gasteiger partial charge in [0.05, 0.1) is 25.0 Å². The van der Waals surface area contributed by atoms with Gasteiger partial charge >= 0.3 is 0 Å². The van der Waals surface area contributed by atoms with E-state index in [1.165, 1.54) is 4.68 Å². The van der Waals surface area contributed by atoms with E-state index in [0.29, 0.717) is 29.9 Å². The van der Waals surface area contributed by atoms with Crippen LogP contribution in [-0.2, 0) is 16.0 Å². The first-order chi connectivity index (χ1) is 9.91. The van der Waals surface area contributed by atoms with Gasteiger partial charge in [-0.3, -0.25) is 4.79 Å². The highest BCUT2D eigenvalue weighted by molar-refractivity contribution is 9.10. The highest BCUT2D eigenvalue weighted by Crippen LogP contribution is 2.23. The van der Waals surface area contributed by atoms with Crippen LogP contribution in [0.15, 0.2) is 15.5 Å². The van der Waals surface area contributed by atoms with Gasteiger partial charge in [0, 0.05) is 27.4 Å². The third-order valence-electron chi connectivity index (χ3n) is 3.23. The maximum Gasteiger partial charge on any atom is 0.283 e. The number of ether oxygens (including phenoxy) is 2. The Kier molecular flexibility index (Phi) is 7.34. The van der Waals surface area contributed by atoms with Crippen molar-refractivity contribution in [3.8, 4) is 0 Å². The van der Waals surface area contributed by atoms with Crippen LogP contribution in [0.1, 0.15) is 20.3 Å². The van der Waals surface area contributed by atoms with Crippen molar-refractivity contribution in [1.29, 1.82) is 0 Å². The molecule has 1 rings (SSSR count). The lowest BCUT2D eigenvalue weighted by atomic mass is 9.89. The van der Waals surface area contributed by atoms with Gasteiger partial charge in [0.2, 0.25) is 0 Å². The maximum atomic E-state index is 12.1. The molecule has 1 N–H and O–H groups in total. The number of aromatic nitrogens is 2. The molecule has 0 spiro atoms. The van der Waals surface area contributed by atoms with Crippen LogP contribution in [-0.4, -0.2) is 43.8 Å². The minimum Gasteiger partial charge on any atom is -0.385 e. The number of anilines is 1. The second-order valence-electron chi connectivity index (χ2n) is 5.65. The Hall–Kier alpha value is -0.920. The molecule has 120 valence electrons. The minimum atomic E-state index is -0.160. The first kappa shape index (κ1) is 18.1. The Bertz CT molecular complexity index is 503. The van der Waals surface area contributed by atoms with Crippen LogP contribution in [0, 0.1) is 5.41 Å². The fourth-order valence-electron chi connectivity index (χ4n) is 1.73. The molecular formula is C14H24BrN3O3. The Morgan fingerprint density at radius 1 is 1.33 bits per heavy atom. The molecule has 0 aromatic carbocycles. The van der Waals surface area contributed by atoms with E-state index in [0.717, 1.165) is 13.0 Å². The van der Waals surface area contributed by atoms with Crippen LogP contribution in [0.25, 0.3) is 0 Å². The fraction of sp³-hybridized carbons (Fsp3) is 0.714. The van der Waals surface area contributed by atoms with Crippen LogP contribution in [0.4, 0.5) is 5.69 Å². The Balaban J connectivity index is 2.72. The molecule has 0 unspecified atom stereocenters. The number of halogens is 1. The maximum absolute atomic E-state index is 12.1. The topological polar surface area (TPSA) is 65.4 Å². The zero-order valence-electron chi connectivity index (χ0n) is 13.1. The van der Waals surface area contributed by atoms with Crippen molar-refractivity contribution in [1.82, 2.24) is 9.78 Å². The predicted octanol–water partition coefficient (Wildman–Crippen LogP) is 2.13. The Morgan fingerprint density at radius 3 is 2.62 bits per heavy atom. The molecule has 1 aromatic heterocycles. The average molecular weight is 362 g/mol.